The monoisotopic (exact) mass is 304 g/mol. The maximum absolute atomic E-state index is 13.0. The van der Waals surface area contributed by atoms with Crippen molar-refractivity contribution in [2.75, 3.05) is 19.0 Å². The van der Waals surface area contributed by atoms with Crippen LogP contribution < -0.4 is 10.2 Å². The average molecular weight is 304 g/mol. The number of imidazole rings is 1. The van der Waals surface area contributed by atoms with E-state index in [1.54, 1.807) is 11.3 Å². The molecule has 0 saturated heterocycles. The number of anilines is 1. The Kier molecular flexibility index (Phi) is 3.90. The molecule has 2 heterocycles. The van der Waals surface area contributed by atoms with E-state index in [2.05, 4.69) is 14.6 Å². The number of thiazole rings is 1. The van der Waals surface area contributed by atoms with Crippen LogP contribution in [0.1, 0.15) is 11.3 Å². The number of fused-ring (bicyclic) bond motifs is 1. The minimum Gasteiger partial charge on any atom is -0.354 e. The van der Waals surface area contributed by atoms with Gasteiger partial charge in [-0.25, -0.2) is 9.37 Å². The molecular weight excluding hydrogens is 287 g/mol. The van der Waals surface area contributed by atoms with Crippen LogP contribution in [0.25, 0.3) is 4.96 Å². The fourth-order valence-corrected chi connectivity index (χ4v) is 3.13. The third-order valence-electron chi connectivity index (χ3n) is 3.38. The Morgan fingerprint density at radius 1 is 1.33 bits per heavy atom. The molecule has 6 heteroatoms. The second-order valence-corrected chi connectivity index (χ2v) is 5.82. The predicted octanol–water partition coefficient (Wildman–Crippen LogP) is 2.89. The highest BCUT2D eigenvalue weighted by Crippen LogP contribution is 2.25. The highest BCUT2D eigenvalue weighted by molar-refractivity contribution is 7.15. The lowest BCUT2D eigenvalue weighted by molar-refractivity contribution is 0.627. The number of nitrogens with zero attached hydrogens (tertiary/aromatic N) is 3. The van der Waals surface area contributed by atoms with Crippen LogP contribution in [0.5, 0.6) is 0 Å². The van der Waals surface area contributed by atoms with E-state index in [-0.39, 0.29) is 5.82 Å². The van der Waals surface area contributed by atoms with E-state index in [1.807, 2.05) is 37.8 Å². The summed E-state index contributed by atoms with van der Waals surface area (Å²) in [6.07, 6.45) is 2.04. The molecule has 1 aromatic carbocycles. The van der Waals surface area contributed by atoms with Crippen LogP contribution in [0.2, 0.25) is 0 Å². The summed E-state index contributed by atoms with van der Waals surface area (Å²) in [5, 5.41) is 5.22. The largest absolute Gasteiger partial charge is 0.354 e. The van der Waals surface area contributed by atoms with Gasteiger partial charge in [0.1, 0.15) is 5.82 Å². The molecule has 2 aromatic heterocycles. The molecule has 0 amide bonds. The second kappa shape index (κ2) is 5.83. The molecule has 0 fully saturated rings. The summed E-state index contributed by atoms with van der Waals surface area (Å²) < 4.78 is 15.1. The SMILES string of the molecule is CNCc1c(N(C)Cc2ccc(F)cc2)nc2sccn12. The van der Waals surface area contributed by atoms with Gasteiger partial charge >= 0.3 is 0 Å². The van der Waals surface area contributed by atoms with Gasteiger partial charge in [-0.3, -0.25) is 4.40 Å². The van der Waals surface area contributed by atoms with E-state index in [0.717, 1.165) is 28.6 Å². The van der Waals surface area contributed by atoms with Gasteiger partial charge in [0.05, 0.1) is 5.69 Å². The van der Waals surface area contributed by atoms with Gasteiger partial charge in [-0.15, -0.1) is 11.3 Å². The molecule has 0 unspecified atom stereocenters. The number of halogens is 1. The standard InChI is InChI=1S/C15H17FN4S/c1-17-9-13-14(18-15-20(13)7-8-21-15)19(2)10-11-3-5-12(16)6-4-11/h3-8,17H,9-10H2,1-2H3. The molecule has 0 bridgehead atoms. The summed E-state index contributed by atoms with van der Waals surface area (Å²) in [7, 11) is 3.93. The Balaban J connectivity index is 1.89. The van der Waals surface area contributed by atoms with Gasteiger partial charge in [0.25, 0.3) is 0 Å². The normalized spacial score (nSPS) is 11.2. The Labute approximate surface area is 126 Å². The van der Waals surface area contributed by atoms with Gasteiger partial charge in [-0.05, 0) is 24.7 Å². The van der Waals surface area contributed by atoms with Gasteiger partial charge in [0.15, 0.2) is 10.8 Å². The van der Waals surface area contributed by atoms with E-state index in [0.29, 0.717) is 6.54 Å². The third kappa shape index (κ3) is 2.77. The predicted molar refractivity (Wildman–Crippen MR) is 84.3 cm³/mol. The Morgan fingerprint density at radius 3 is 2.81 bits per heavy atom. The lowest BCUT2D eigenvalue weighted by Crippen LogP contribution is -2.20. The first-order valence-corrected chi connectivity index (χ1v) is 7.61. The van der Waals surface area contributed by atoms with Gasteiger partial charge < -0.3 is 10.2 Å². The minimum absolute atomic E-state index is 0.209. The van der Waals surface area contributed by atoms with Crippen molar-refractivity contribution in [3.8, 4) is 0 Å². The number of benzene rings is 1. The zero-order valence-electron chi connectivity index (χ0n) is 12.0. The van der Waals surface area contributed by atoms with Crippen LogP contribution >= 0.6 is 11.3 Å². The molecule has 0 saturated carbocycles. The van der Waals surface area contributed by atoms with Crippen LogP contribution in [-0.2, 0) is 13.1 Å². The van der Waals surface area contributed by atoms with Crippen molar-refractivity contribution in [1.29, 1.82) is 0 Å². The Bertz CT molecular complexity index is 732. The van der Waals surface area contributed by atoms with Gasteiger partial charge in [-0.1, -0.05) is 12.1 Å². The number of hydrogen-bond acceptors (Lipinski definition) is 4. The van der Waals surface area contributed by atoms with Crippen molar-refractivity contribution >= 4 is 22.1 Å². The van der Waals surface area contributed by atoms with Crippen molar-refractivity contribution in [3.63, 3.8) is 0 Å². The number of aromatic nitrogens is 2. The molecular formula is C15H17FN4S. The molecule has 4 nitrogen and oxygen atoms in total. The highest BCUT2D eigenvalue weighted by atomic mass is 32.1. The molecule has 3 rings (SSSR count). The first kappa shape index (κ1) is 14.0. The second-order valence-electron chi connectivity index (χ2n) is 4.95. The number of nitrogens with one attached hydrogen (secondary N) is 1. The van der Waals surface area contributed by atoms with Gasteiger partial charge in [0.2, 0.25) is 0 Å². The summed E-state index contributed by atoms with van der Waals surface area (Å²) in [5.74, 6) is 0.750. The van der Waals surface area contributed by atoms with Crippen LogP contribution in [0.4, 0.5) is 10.2 Å². The van der Waals surface area contributed by atoms with E-state index >= 15 is 0 Å². The van der Waals surface area contributed by atoms with E-state index in [1.165, 1.54) is 12.1 Å². The molecule has 0 radical (unpaired) electrons. The molecule has 1 N–H and O–H groups in total. The fourth-order valence-electron chi connectivity index (χ4n) is 2.40. The topological polar surface area (TPSA) is 32.6 Å². The third-order valence-corrected chi connectivity index (χ3v) is 4.14. The molecule has 0 aliphatic heterocycles. The smallest absolute Gasteiger partial charge is 0.195 e. The maximum atomic E-state index is 13.0. The zero-order chi connectivity index (χ0) is 14.8. The highest BCUT2D eigenvalue weighted by Gasteiger charge is 2.16. The summed E-state index contributed by atoms with van der Waals surface area (Å²) in [6, 6.07) is 6.59. The van der Waals surface area contributed by atoms with Crippen molar-refractivity contribution in [2.45, 2.75) is 13.1 Å². The summed E-state index contributed by atoms with van der Waals surface area (Å²) in [6.45, 7) is 1.45. The first-order valence-electron chi connectivity index (χ1n) is 6.73. The molecule has 0 spiro atoms. The molecule has 21 heavy (non-hydrogen) atoms. The Hall–Kier alpha value is -1.92. The summed E-state index contributed by atoms with van der Waals surface area (Å²) in [5.41, 5.74) is 2.20. The Morgan fingerprint density at radius 2 is 2.10 bits per heavy atom. The van der Waals surface area contributed by atoms with E-state index in [4.69, 9.17) is 4.98 Å². The van der Waals surface area contributed by atoms with Crippen LogP contribution in [-0.4, -0.2) is 23.5 Å². The summed E-state index contributed by atoms with van der Waals surface area (Å²) in [4.78, 5) is 7.78. The molecule has 0 atom stereocenters. The fraction of sp³-hybridized carbons (Fsp3) is 0.267. The lowest BCUT2D eigenvalue weighted by Gasteiger charge is -2.18. The van der Waals surface area contributed by atoms with Crippen LogP contribution in [0, 0.1) is 5.82 Å². The van der Waals surface area contributed by atoms with Crippen molar-refractivity contribution < 1.29 is 4.39 Å². The van der Waals surface area contributed by atoms with Crippen molar-refractivity contribution in [3.05, 3.63) is 52.9 Å². The van der Waals surface area contributed by atoms with Crippen LogP contribution in [0.15, 0.2) is 35.8 Å². The first-order chi connectivity index (χ1) is 10.2. The average Bonchev–Trinajstić information content (AvgIpc) is 3.04. The molecule has 110 valence electrons. The van der Waals surface area contributed by atoms with Crippen molar-refractivity contribution in [1.82, 2.24) is 14.7 Å². The van der Waals surface area contributed by atoms with E-state index in [9.17, 15) is 4.39 Å². The molecule has 0 aliphatic rings. The van der Waals surface area contributed by atoms with Crippen LogP contribution in [0.3, 0.4) is 0 Å². The number of rotatable bonds is 5. The lowest BCUT2D eigenvalue weighted by atomic mass is 10.2. The minimum atomic E-state index is -0.209. The zero-order valence-corrected chi connectivity index (χ0v) is 12.8. The maximum Gasteiger partial charge on any atom is 0.195 e. The molecule has 0 aliphatic carbocycles. The van der Waals surface area contributed by atoms with Gasteiger partial charge in [0, 0.05) is 31.7 Å². The molecule has 3 aromatic rings. The quantitative estimate of drug-likeness (QED) is 0.787. The van der Waals surface area contributed by atoms with E-state index < -0.39 is 0 Å². The van der Waals surface area contributed by atoms with Gasteiger partial charge in [-0.2, -0.15) is 0 Å². The summed E-state index contributed by atoms with van der Waals surface area (Å²) >= 11 is 1.62. The van der Waals surface area contributed by atoms with Crippen molar-refractivity contribution in [2.24, 2.45) is 0 Å². The number of hydrogen-bond donors (Lipinski definition) is 1.